The first-order valence-corrected chi connectivity index (χ1v) is 10.5. The number of amides is 1. The van der Waals surface area contributed by atoms with E-state index in [2.05, 4.69) is 67.3 Å². The monoisotopic (exact) mass is 421 g/mol. The summed E-state index contributed by atoms with van der Waals surface area (Å²) in [6.45, 7) is 9.93. The van der Waals surface area contributed by atoms with Crippen molar-refractivity contribution in [1.29, 1.82) is 0 Å². The molecule has 1 saturated heterocycles. The number of hydrogen-bond acceptors (Lipinski definition) is 8. The lowest BCUT2D eigenvalue weighted by molar-refractivity contribution is 0.0907. The highest BCUT2D eigenvalue weighted by Crippen LogP contribution is 2.23. The molecule has 1 aromatic carbocycles. The van der Waals surface area contributed by atoms with E-state index in [4.69, 9.17) is 4.52 Å². The zero-order chi connectivity index (χ0) is 21.6. The lowest BCUT2D eigenvalue weighted by atomic mass is 10.1. The predicted octanol–water partition coefficient (Wildman–Crippen LogP) is 2.09. The average molecular weight is 422 g/mol. The van der Waals surface area contributed by atoms with Crippen molar-refractivity contribution in [3.05, 3.63) is 53.8 Å². The fourth-order valence-electron chi connectivity index (χ4n) is 3.71. The Kier molecular flexibility index (Phi) is 6.51. The van der Waals surface area contributed by atoms with E-state index in [-0.39, 0.29) is 17.6 Å². The minimum atomic E-state index is -0.368. The molecule has 1 aliphatic heterocycles. The third-order valence-corrected chi connectivity index (χ3v) is 5.66. The molecule has 0 saturated carbocycles. The summed E-state index contributed by atoms with van der Waals surface area (Å²) in [7, 11) is 0. The normalized spacial score (nSPS) is 14.6. The Labute approximate surface area is 181 Å². The van der Waals surface area contributed by atoms with Crippen LogP contribution >= 0.6 is 0 Å². The Bertz CT molecular complexity index is 1010. The maximum Gasteiger partial charge on any atom is 0.316 e. The summed E-state index contributed by atoms with van der Waals surface area (Å²) in [5.74, 6) is -0.155. The van der Waals surface area contributed by atoms with Crippen molar-refractivity contribution < 1.29 is 9.32 Å². The summed E-state index contributed by atoms with van der Waals surface area (Å²) in [6, 6.07) is 8.16. The molecule has 3 heterocycles. The largest absolute Gasteiger partial charge is 0.369 e. The number of nitrogens with zero attached hydrogens (tertiary/aromatic N) is 6. The van der Waals surface area contributed by atoms with Gasteiger partial charge in [-0.15, -0.1) is 0 Å². The average Bonchev–Trinajstić information content (AvgIpc) is 3.30. The van der Waals surface area contributed by atoms with Gasteiger partial charge in [0, 0.05) is 44.6 Å². The highest BCUT2D eigenvalue weighted by molar-refractivity contribution is 5.89. The van der Waals surface area contributed by atoms with E-state index in [9.17, 15) is 4.79 Å². The molecular weight excluding hydrogens is 394 g/mol. The molecule has 2 aromatic heterocycles. The molecule has 0 bridgehead atoms. The van der Waals surface area contributed by atoms with Gasteiger partial charge in [0.05, 0.1) is 0 Å². The highest BCUT2D eigenvalue weighted by atomic mass is 16.5. The van der Waals surface area contributed by atoms with Crippen LogP contribution in [0.1, 0.15) is 28.2 Å². The predicted molar refractivity (Wildman–Crippen MR) is 117 cm³/mol. The number of carbonyl (C=O) groups excluding carboxylic acids is 1. The van der Waals surface area contributed by atoms with E-state index < -0.39 is 0 Å². The number of benzene rings is 1. The molecule has 1 amide bonds. The number of carbonyl (C=O) groups is 1. The van der Waals surface area contributed by atoms with Crippen LogP contribution in [0, 0.1) is 13.8 Å². The van der Waals surface area contributed by atoms with Gasteiger partial charge in [0.15, 0.2) is 0 Å². The van der Waals surface area contributed by atoms with E-state index in [0.29, 0.717) is 12.2 Å². The van der Waals surface area contributed by atoms with Crippen molar-refractivity contribution in [3.63, 3.8) is 0 Å². The van der Waals surface area contributed by atoms with Crippen molar-refractivity contribution in [3.8, 4) is 11.5 Å². The summed E-state index contributed by atoms with van der Waals surface area (Å²) in [4.78, 5) is 29.1. The second-order valence-corrected chi connectivity index (χ2v) is 7.67. The molecule has 0 spiro atoms. The minimum Gasteiger partial charge on any atom is -0.369 e. The van der Waals surface area contributed by atoms with E-state index in [1.54, 1.807) is 12.3 Å². The van der Waals surface area contributed by atoms with Gasteiger partial charge in [-0.25, -0.2) is 9.97 Å². The van der Waals surface area contributed by atoms with Gasteiger partial charge >= 0.3 is 11.8 Å². The number of rotatable bonds is 7. The third-order valence-electron chi connectivity index (χ3n) is 5.66. The molecule has 9 heteroatoms. The second-order valence-electron chi connectivity index (χ2n) is 7.67. The van der Waals surface area contributed by atoms with Crippen molar-refractivity contribution in [2.75, 3.05) is 44.2 Å². The Balaban J connectivity index is 1.18. The molecule has 0 unspecified atom stereocenters. The lowest BCUT2D eigenvalue weighted by Crippen LogP contribution is -2.47. The SMILES string of the molecule is Cc1cccc(N2CCN(CCCNC(=O)c3nc(-c4ccncn4)no3)CC2)c1C. The third kappa shape index (κ3) is 5.05. The molecule has 1 N–H and O–H groups in total. The Morgan fingerprint density at radius 1 is 1.16 bits per heavy atom. The van der Waals surface area contributed by atoms with Crippen LogP contribution < -0.4 is 10.2 Å². The van der Waals surface area contributed by atoms with Crippen LogP contribution in [0.5, 0.6) is 0 Å². The standard InChI is InChI=1S/C22H27N7O2/c1-16-5-3-6-19(17(16)2)29-13-11-28(12-14-29)10-4-8-24-21(30)22-26-20(27-31-22)18-7-9-23-15-25-18/h3,5-7,9,15H,4,8,10-14H2,1-2H3,(H,24,30). The number of piperazine rings is 1. The number of hydrogen-bond donors (Lipinski definition) is 1. The molecule has 9 nitrogen and oxygen atoms in total. The molecule has 162 valence electrons. The Morgan fingerprint density at radius 3 is 2.77 bits per heavy atom. The van der Waals surface area contributed by atoms with Gasteiger partial charge in [-0.05, 0) is 50.1 Å². The zero-order valence-electron chi connectivity index (χ0n) is 17.9. The van der Waals surface area contributed by atoms with Gasteiger partial charge in [-0.2, -0.15) is 4.98 Å². The van der Waals surface area contributed by atoms with Crippen LogP contribution in [0.4, 0.5) is 5.69 Å². The molecule has 0 radical (unpaired) electrons. The van der Waals surface area contributed by atoms with E-state index in [0.717, 1.165) is 39.1 Å². The van der Waals surface area contributed by atoms with Crippen molar-refractivity contribution in [2.45, 2.75) is 20.3 Å². The first-order chi connectivity index (χ1) is 15.1. The molecule has 4 rings (SSSR count). The molecular formula is C22H27N7O2. The first kappa shape index (κ1) is 20.9. The molecule has 31 heavy (non-hydrogen) atoms. The van der Waals surface area contributed by atoms with Gasteiger partial charge in [-0.3, -0.25) is 9.69 Å². The van der Waals surface area contributed by atoms with Gasteiger partial charge in [0.1, 0.15) is 12.0 Å². The molecule has 1 aliphatic rings. The maximum atomic E-state index is 12.2. The highest BCUT2D eigenvalue weighted by Gasteiger charge is 2.19. The molecule has 0 atom stereocenters. The van der Waals surface area contributed by atoms with Crippen LogP contribution in [0.15, 0.2) is 41.3 Å². The summed E-state index contributed by atoms with van der Waals surface area (Å²) in [6.07, 6.45) is 3.84. The number of anilines is 1. The summed E-state index contributed by atoms with van der Waals surface area (Å²) < 4.78 is 5.05. The smallest absolute Gasteiger partial charge is 0.316 e. The fraction of sp³-hybridized carbons (Fsp3) is 0.409. The number of nitrogens with one attached hydrogen (secondary N) is 1. The second kappa shape index (κ2) is 9.65. The lowest BCUT2D eigenvalue weighted by Gasteiger charge is -2.37. The van der Waals surface area contributed by atoms with Gasteiger partial charge in [-0.1, -0.05) is 17.3 Å². The molecule has 1 fully saturated rings. The van der Waals surface area contributed by atoms with Crippen LogP contribution in [0.25, 0.3) is 11.5 Å². The quantitative estimate of drug-likeness (QED) is 0.579. The Hall–Kier alpha value is -3.33. The van der Waals surface area contributed by atoms with Crippen LogP contribution in [-0.2, 0) is 0 Å². The van der Waals surface area contributed by atoms with Crippen molar-refractivity contribution in [1.82, 2.24) is 30.3 Å². The van der Waals surface area contributed by atoms with Crippen molar-refractivity contribution >= 4 is 11.6 Å². The first-order valence-electron chi connectivity index (χ1n) is 10.5. The van der Waals surface area contributed by atoms with Gasteiger partial charge in [0.2, 0.25) is 5.82 Å². The van der Waals surface area contributed by atoms with Crippen LogP contribution in [-0.4, -0.2) is 70.2 Å². The molecule has 0 aliphatic carbocycles. The van der Waals surface area contributed by atoms with Crippen LogP contribution in [0.2, 0.25) is 0 Å². The van der Waals surface area contributed by atoms with E-state index >= 15 is 0 Å². The number of aryl methyl sites for hydroxylation is 1. The number of aromatic nitrogens is 4. The fourth-order valence-corrected chi connectivity index (χ4v) is 3.71. The topological polar surface area (TPSA) is 100 Å². The maximum absolute atomic E-state index is 12.2. The molecule has 3 aromatic rings. The summed E-state index contributed by atoms with van der Waals surface area (Å²) in [5.41, 5.74) is 4.55. The van der Waals surface area contributed by atoms with Gasteiger partial charge < -0.3 is 14.7 Å². The van der Waals surface area contributed by atoms with E-state index in [1.807, 2.05) is 0 Å². The minimum absolute atomic E-state index is 0.0595. The summed E-state index contributed by atoms with van der Waals surface area (Å²) in [5, 5.41) is 6.65. The van der Waals surface area contributed by atoms with Crippen LogP contribution in [0.3, 0.4) is 0 Å². The van der Waals surface area contributed by atoms with Gasteiger partial charge in [0.25, 0.3) is 0 Å². The summed E-state index contributed by atoms with van der Waals surface area (Å²) >= 11 is 0. The van der Waals surface area contributed by atoms with E-state index in [1.165, 1.54) is 23.1 Å². The zero-order valence-corrected chi connectivity index (χ0v) is 17.9. The Morgan fingerprint density at radius 2 is 2.00 bits per heavy atom. The van der Waals surface area contributed by atoms with Crippen molar-refractivity contribution in [2.24, 2.45) is 0 Å².